The minimum atomic E-state index is -0.164. The van der Waals surface area contributed by atoms with E-state index < -0.39 is 0 Å². The van der Waals surface area contributed by atoms with E-state index in [4.69, 9.17) is 4.74 Å². The van der Waals surface area contributed by atoms with Gasteiger partial charge in [-0.2, -0.15) is 0 Å². The number of nitrogens with one attached hydrogen (secondary N) is 1. The maximum absolute atomic E-state index is 11.3. The average molecular weight is 272 g/mol. The van der Waals surface area contributed by atoms with Crippen LogP contribution >= 0.6 is 15.9 Å². The molecular formula is C11H14BrNO2. The number of methoxy groups -OCH3 is 1. The fourth-order valence-electron chi connectivity index (χ4n) is 1.11. The first kappa shape index (κ1) is 12.0. The van der Waals surface area contributed by atoms with Crippen LogP contribution in [0.3, 0.4) is 0 Å². The van der Waals surface area contributed by atoms with E-state index in [-0.39, 0.29) is 10.7 Å². The summed E-state index contributed by atoms with van der Waals surface area (Å²) in [6, 6.07) is 7.62. The number of hydrogen-bond acceptors (Lipinski definition) is 2. The van der Waals surface area contributed by atoms with Gasteiger partial charge < -0.3 is 10.1 Å². The van der Waals surface area contributed by atoms with E-state index in [1.165, 1.54) is 0 Å². The third-order valence-electron chi connectivity index (χ3n) is 1.96. The molecule has 1 rings (SSSR count). The minimum Gasteiger partial charge on any atom is -0.497 e. The van der Waals surface area contributed by atoms with Crippen molar-refractivity contribution in [3.05, 3.63) is 29.8 Å². The molecule has 1 amide bonds. The molecular weight excluding hydrogens is 258 g/mol. The Morgan fingerprint density at radius 3 is 2.93 bits per heavy atom. The molecule has 3 nitrogen and oxygen atoms in total. The Balaban J connectivity index is 2.54. The number of rotatable bonds is 4. The van der Waals surface area contributed by atoms with E-state index in [9.17, 15) is 4.79 Å². The van der Waals surface area contributed by atoms with Crippen LogP contribution in [-0.4, -0.2) is 17.8 Å². The van der Waals surface area contributed by atoms with E-state index in [1.54, 1.807) is 14.0 Å². The molecule has 15 heavy (non-hydrogen) atoms. The van der Waals surface area contributed by atoms with Gasteiger partial charge >= 0.3 is 0 Å². The highest BCUT2D eigenvalue weighted by Crippen LogP contribution is 2.12. The Morgan fingerprint density at radius 1 is 1.60 bits per heavy atom. The van der Waals surface area contributed by atoms with Crippen molar-refractivity contribution in [1.29, 1.82) is 0 Å². The Morgan fingerprint density at radius 2 is 2.33 bits per heavy atom. The number of ether oxygens (including phenoxy) is 1. The Labute approximate surface area is 97.9 Å². The predicted molar refractivity (Wildman–Crippen MR) is 63.2 cm³/mol. The molecule has 0 saturated heterocycles. The molecule has 0 radical (unpaired) electrons. The molecule has 0 aromatic heterocycles. The zero-order chi connectivity index (χ0) is 11.3. The molecule has 82 valence electrons. The third kappa shape index (κ3) is 3.91. The number of halogens is 1. The average Bonchev–Trinajstić information content (AvgIpc) is 2.26. The van der Waals surface area contributed by atoms with Crippen LogP contribution in [0.25, 0.3) is 0 Å². The quantitative estimate of drug-likeness (QED) is 0.852. The molecule has 1 N–H and O–H groups in total. The molecule has 0 bridgehead atoms. The first-order valence-corrected chi connectivity index (χ1v) is 5.59. The first-order chi connectivity index (χ1) is 7.13. The molecule has 0 aliphatic rings. The Bertz CT molecular complexity index is 339. The standard InChI is InChI=1S/C11H14BrNO2/c1-8(12)11(14)13-7-9-4-3-5-10(6-9)15-2/h3-6,8H,7H2,1-2H3,(H,13,14). The molecule has 1 atom stereocenters. The van der Waals surface area contributed by atoms with Crippen LogP contribution in [0.4, 0.5) is 0 Å². The maximum atomic E-state index is 11.3. The van der Waals surface area contributed by atoms with Crippen LogP contribution in [0.2, 0.25) is 0 Å². The lowest BCUT2D eigenvalue weighted by atomic mass is 10.2. The van der Waals surface area contributed by atoms with Crippen LogP contribution < -0.4 is 10.1 Å². The zero-order valence-electron chi connectivity index (χ0n) is 8.79. The van der Waals surface area contributed by atoms with Gasteiger partial charge in [-0.1, -0.05) is 28.1 Å². The largest absolute Gasteiger partial charge is 0.497 e. The molecule has 4 heteroatoms. The number of carbonyl (C=O) groups excluding carboxylic acids is 1. The van der Waals surface area contributed by atoms with E-state index in [2.05, 4.69) is 21.2 Å². The van der Waals surface area contributed by atoms with E-state index >= 15 is 0 Å². The van der Waals surface area contributed by atoms with Crippen molar-refractivity contribution < 1.29 is 9.53 Å². The van der Waals surface area contributed by atoms with Crippen LogP contribution in [0.15, 0.2) is 24.3 Å². The number of amides is 1. The lowest BCUT2D eigenvalue weighted by Crippen LogP contribution is -2.28. The molecule has 1 unspecified atom stereocenters. The summed E-state index contributed by atoms with van der Waals surface area (Å²) in [4.78, 5) is 11.1. The predicted octanol–water partition coefficient (Wildman–Crippen LogP) is 2.09. The second-order valence-electron chi connectivity index (χ2n) is 3.19. The van der Waals surface area contributed by atoms with Crippen molar-refractivity contribution >= 4 is 21.8 Å². The summed E-state index contributed by atoms with van der Waals surface area (Å²) < 4.78 is 5.09. The van der Waals surface area contributed by atoms with Crippen LogP contribution in [-0.2, 0) is 11.3 Å². The summed E-state index contributed by atoms with van der Waals surface area (Å²) in [5.41, 5.74) is 1.02. The number of alkyl halides is 1. The molecule has 0 heterocycles. The Kier molecular flexibility index (Phi) is 4.62. The van der Waals surface area contributed by atoms with E-state index in [1.807, 2.05) is 24.3 Å². The van der Waals surface area contributed by atoms with E-state index in [0.717, 1.165) is 11.3 Å². The van der Waals surface area contributed by atoms with E-state index in [0.29, 0.717) is 6.54 Å². The highest BCUT2D eigenvalue weighted by Gasteiger charge is 2.07. The van der Waals surface area contributed by atoms with Gasteiger partial charge in [0.25, 0.3) is 0 Å². The van der Waals surface area contributed by atoms with Crippen LogP contribution in [0.5, 0.6) is 5.75 Å². The fourth-order valence-corrected chi connectivity index (χ4v) is 1.27. The zero-order valence-corrected chi connectivity index (χ0v) is 10.4. The van der Waals surface area contributed by atoms with Gasteiger partial charge in [0.05, 0.1) is 11.9 Å². The van der Waals surface area contributed by atoms with Crippen molar-refractivity contribution in [3.8, 4) is 5.75 Å². The summed E-state index contributed by atoms with van der Waals surface area (Å²) in [5, 5.41) is 2.81. The third-order valence-corrected chi connectivity index (χ3v) is 2.38. The topological polar surface area (TPSA) is 38.3 Å². The van der Waals surface area contributed by atoms with Crippen molar-refractivity contribution in [2.45, 2.75) is 18.3 Å². The van der Waals surface area contributed by atoms with Gasteiger partial charge in [0, 0.05) is 6.54 Å². The highest BCUT2D eigenvalue weighted by molar-refractivity contribution is 9.10. The minimum absolute atomic E-state index is 0.0159. The summed E-state index contributed by atoms with van der Waals surface area (Å²) in [6.07, 6.45) is 0. The summed E-state index contributed by atoms with van der Waals surface area (Å²) >= 11 is 3.20. The first-order valence-electron chi connectivity index (χ1n) is 4.68. The normalized spacial score (nSPS) is 11.9. The van der Waals surface area contributed by atoms with Crippen molar-refractivity contribution in [1.82, 2.24) is 5.32 Å². The van der Waals surface area contributed by atoms with Crippen LogP contribution in [0, 0.1) is 0 Å². The van der Waals surface area contributed by atoms with Gasteiger partial charge in [-0.15, -0.1) is 0 Å². The smallest absolute Gasteiger partial charge is 0.233 e. The molecule has 1 aromatic rings. The molecule has 0 fully saturated rings. The maximum Gasteiger partial charge on any atom is 0.233 e. The number of benzene rings is 1. The summed E-state index contributed by atoms with van der Waals surface area (Å²) in [5.74, 6) is 0.784. The van der Waals surface area contributed by atoms with Crippen LogP contribution in [0.1, 0.15) is 12.5 Å². The lowest BCUT2D eigenvalue weighted by molar-refractivity contribution is -0.120. The van der Waals surface area contributed by atoms with Crippen molar-refractivity contribution in [2.24, 2.45) is 0 Å². The number of carbonyl (C=O) groups is 1. The summed E-state index contributed by atoms with van der Waals surface area (Å²) in [7, 11) is 1.62. The monoisotopic (exact) mass is 271 g/mol. The van der Waals surface area contributed by atoms with Gasteiger partial charge in [0.15, 0.2) is 0 Å². The van der Waals surface area contributed by atoms with Gasteiger partial charge in [0.1, 0.15) is 5.75 Å². The van der Waals surface area contributed by atoms with Crippen molar-refractivity contribution in [2.75, 3.05) is 7.11 Å². The molecule has 0 aliphatic carbocycles. The fraction of sp³-hybridized carbons (Fsp3) is 0.364. The second-order valence-corrected chi connectivity index (χ2v) is 4.56. The van der Waals surface area contributed by atoms with Crippen molar-refractivity contribution in [3.63, 3.8) is 0 Å². The second kappa shape index (κ2) is 5.75. The molecule has 0 spiro atoms. The summed E-state index contributed by atoms with van der Waals surface area (Å²) in [6.45, 7) is 2.31. The van der Waals surface area contributed by atoms with Gasteiger partial charge in [-0.3, -0.25) is 4.79 Å². The van der Waals surface area contributed by atoms with Gasteiger partial charge in [0.2, 0.25) is 5.91 Å². The SMILES string of the molecule is COc1cccc(CNC(=O)C(C)Br)c1. The highest BCUT2D eigenvalue weighted by atomic mass is 79.9. The van der Waals surface area contributed by atoms with Gasteiger partial charge in [-0.25, -0.2) is 0 Å². The Hall–Kier alpha value is -1.03. The van der Waals surface area contributed by atoms with Gasteiger partial charge in [-0.05, 0) is 24.6 Å². The molecule has 0 aliphatic heterocycles. The molecule has 1 aromatic carbocycles. The lowest BCUT2D eigenvalue weighted by Gasteiger charge is -2.07. The number of hydrogen-bond donors (Lipinski definition) is 1. The molecule has 0 saturated carbocycles.